The maximum absolute atomic E-state index is 14.0. The van der Waals surface area contributed by atoms with Crippen LogP contribution in [0.4, 0.5) is 0 Å². The molecule has 0 heterocycles. The first kappa shape index (κ1) is 28.8. The molecule has 10 heteroatoms. The molecule has 0 saturated heterocycles. The van der Waals surface area contributed by atoms with Gasteiger partial charge in [0.25, 0.3) is 5.91 Å². The number of fused-ring (bicyclic) bond motifs is 3. The van der Waals surface area contributed by atoms with Gasteiger partial charge in [-0.2, -0.15) is 0 Å². The Morgan fingerprint density at radius 3 is 2.28 bits per heavy atom. The van der Waals surface area contributed by atoms with Crippen LogP contribution in [0.3, 0.4) is 0 Å². The molecule has 1 amide bonds. The summed E-state index contributed by atoms with van der Waals surface area (Å²) >= 11 is 0. The van der Waals surface area contributed by atoms with Gasteiger partial charge in [0.1, 0.15) is 22.8 Å². The van der Waals surface area contributed by atoms with Crippen LogP contribution >= 0.6 is 0 Å². The summed E-state index contributed by atoms with van der Waals surface area (Å²) in [6, 6.07) is 2.14. The number of amides is 1. The highest BCUT2D eigenvalue weighted by Gasteiger charge is 2.68. The first-order valence-electron chi connectivity index (χ1n) is 13.1. The number of rotatable bonds is 5. The van der Waals surface area contributed by atoms with E-state index in [4.69, 9.17) is 5.73 Å². The van der Waals surface area contributed by atoms with E-state index in [1.165, 1.54) is 19.0 Å². The normalized spacial score (nSPS) is 30.8. The first-order valence-corrected chi connectivity index (χ1v) is 13.1. The fourth-order valence-electron chi connectivity index (χ4n) is 6.67. The molecule has 0 bridgehead atoms. The van der Waals surface area contributed by atoms with Crippen molar-refractivity contribution in [1.82, 2.24) is 4.90 Å². The number of phenols is 1. The molecule has 0 spiro atoms. The van der Waals surface area contributed by atoms with Crippen molar-refractivity contribution >= 4 is 23.2 Å². The third-order valence-corrected chi connectivity index (χ3v) is 8.59. The summed E-state index contributed by atoms with van der Waals surface area (Å²) in [5, 5.41) is 57.0. The van der Waals surface area contributed by atoms with Gasteiger partial charge in [0.2, 0.25) is 5.78 Å². The second-order valence-corrected chi connectivity index (χ2v) is 12.5. The maximum Gasteiger partial charge on any atom is 0.255 e. The number of Topliss-reactive ketones (excluding diaryl/α,β-unsaturated/α-hetero) is 2. The molecule has 0 aliphatic heterocycles. The van der Waals surface area contributed by atoms with Crippen molar-refractivity contribution in [2.75, 3.05) is 14.1 Å². The first-order chi connectivity index (χ1) is 18.0. The van der Waals surface area contributed by atoms with E-state index >= 15 is 0 Å². The average molecular weight is 543 g/mol. The van der Waals surface area contributed by atoms with Crippen molar-refractivity contribution in [2.24, 2.45) is 23.0 Å². The SMILES string of the molecule is C[C@@H]1c2ccc(CCCC(C)(C)C)c(O)c2C(O)=C2C(=O)[C@@]3(O)C(O)=C(C(N)=O)C(=O)[C@@H](N(C)C)[C@@H]3[C@H](O)[C@H]21. The molecule has 3 aliphatic carbocycles. The van der Waals surface area contributed by atoms with Crippen molar-refractivity contribution in [3.05, 3.63) is 45.7 Å². The third-order valence-electron chi connectivity index (χ3n) is 8.59. The number of aliphatic hydroxyl groups is 4. The number of carbonyl (C=O) groups is 3. The standard InChI is InChI=1S/C29H38N2O8/c1-12-14-10-9-13(8-7-11-28(2,3)4)21(32)16(14)22(33)17-15(12)23(34)19-20(31(5)6)24(35)18(27(30)38)26(37)29(19,39)25(17)36/h9-10,12,15,19-20,23,32-34,37,39H,7-8,11H2,1-6H3,(H2,30,38)/t12-,15+,19-,20+,23-,29-/m1/s1. The summed E-state index contributed by atoms with van der Waals surface area (Å²) in [6.45, 7) is 8.06. The highest BCUT2D eigenvalue weighted by atomic mass is 16.4. The lowest BCUT2D eigenvalue weighted by atomic mass is 9.54. The molecule has 4 rings (SSSR count). The van der Waals surface area contributed by atoms with Crippen LogP contribution in [0.1, 0.15) is 63.1 Å². The molecule has 212 valence electrons. The molecule has 0 aromatic heterocycles. The lowest BCUT2D eigenvalue weighted by Crippen LogP contribution is -2.70. The number of primary amides is 1. The summed E-state index contributed by atoms with van der Waals surface area (Å²) in [4.78, 5) is 40.7. The van der Waals surface area contributed by atoms with E-state index in [2.05, 4.69) is 20.8 Å². The molecule has 1 fully saturated rings. The van der Waals surface area contributed by atoms with Crippen molar-refractivity contribution in [3.8, 4) is 5.75 Å². The van der Waals surface area contributed by atoms with Crippen LogP contribution in [0.5, 0.6) is 5.75 Å². The molecule has 39 heavy (non-hydrogen) atoms. The van der Waals surface area contributed by atoms with Crippen LogP contribution < -0.4 is 5.73 Å². The molecular weight excluding hydrogens is 504 g/mol. The molecule has 7 N–H and O–H groups in total. The van der Waals surface area contributed by atoms with Crippen LogP contribution in [-0.4, -0.2) is 79.7 Å². The Morgan fingerprint density at radius 2 is 1.74 bits per heavy atom. The highest BCUT2D eigenvalue weighted by molar-refractivity contribution is 6.24. The molecule has 6 atom stereocenters. The minimum Gasteiger partial charge on any atom is -0.508 e. The summed E-state index contributed by atoms with van der Waals surface area (Å²) in [5.74, 6) is -8.74. The van der Waals surface area contributed by atoms with E-state index in [-0.39, 0.29) is 22.3 Å². The van der Waals surface area contributed by atoms with Gasteiger partial charge in [0.15, 0.2) is 11.4 Å². The lowest BCUT2D eigenvalue weighted by molar-refractivity contribution is -0.169. The van der Waals surface area contributed by atoms with Gasteiger partial charge in [0.05, 0.1) is 23.6 Å². The number of likely N-dealkylation sites (N-methyl/N-ethyl adjacent to an activating group) is 1. The quantitative estimate of drug-likeness (QED) is 0.303. The zero-order chi connectivity index (χ0) is 29.4. The fourth-order valence-corrected chi connectivity index (χ4v) is 6.67. The van der Waals surface area contributed by atoms with Crippen molar-refractivity contribution in [3.63, 3.8) is 0 Å². The number of hydrogen-bond donors (Lipinski definition) is 6. The number of aromatic hydroxyl groups is 1. The number of ketones is 2. The Labute approximate surface area is 227 Å². The van der Waals surface area contributed by atoms with Crippen molar-refractivity contribution in [1.29, 1.82) is 0 Å². The largest absolute Gasteiger partial charge is 0.508 e. The average Bonchev–Trinajstić information content (AvgIpc) is 2.81. The van der Waals surface area contributed by atoms with Gasteiger partial charge in [-0.25, -0.2) is 0 Å². The van der Waals surface area contributed by atoms with Crippen molar-refractivity contribution in [2.45, 2.75) is 70.6 Å². The van der Waals surface area contributed by atoms with Crippen LogP contribution in [0.15, 0.2) is 29.0 Å². The van der Waals surface area contributed by atoms with E-state index in [1.54, 1.807) is 19.1 Å². The molecular formula is C29H38N2O8. The van der Waals surface area contributed by atoms with Crippen molar-refractivity contribution < 1.29 is 39.9 Å². The smallest absolute Gasteiger partial charge is 0.255 e. The Bertz CT molecular complexity index is 1320. The van der Waals surface area contributed by atoms with Crippen LogP contribution in [0.2, 0.25) is 0 Å². The summed E-state index contributed by atoms with van der Waals surface area (Å²) in [6.07, 6.45) is 0.596. The zero-order valence-corrected chi connectivity index (χ0v) is 23.1. The molecule has 3 aliphatic rings. The van der Waals surface area contributed by atoms with E-state index in [0.717, 1.165) is 12.8 Å². The van der Waals surface area contributed by atoms with Gasteiger partial charge in [-0.1, -0.05) is 39.8 Å². The van der Waals surface area contributed by atoms with E-state index in [0.29, 0.717) is 17.5 Å². The molecule has 0 unspecified atom stereocenters. The topological polar surface area (TPSA) is 182 Å². The number of nitrogens with zero attached hydrogens (tertiary/aromatic N) is 1. The van der Waals surface area contributed by atoms with E-state index in [9.17, 15) is 39.9 Å². The Morgan fingerprint density at radius 1 is 1.13 bits per heavy atom. The van der Waals surface area contributed by atoms with Crippen LogP contribution in [0, 0.1) is 17.3 Å². The molecule has 1 aromatic carbocycles. The number of benzene rings is 1. The van der Waals surface area contributed by atoms with E-state index < -0.39 is 70.1 Å². The number of phenolic OH excluding ortho intramolecular Hbond substituents is 1. The van der Waals surface area contributed by atoms with E-state index in [1.807, 2.05) is 0 Å². The summed E-state index contributed by atoms with van der Waals surface area (Å²) in [7, 11) is 2.95. The highest BCUT2D eigenvalue weighted by Crippen LogP contribution is 2.56. The predicted octanol–water partition coefficient (Wildman–Crippen LogP) is 1.86. The number of aliphatic hydroxyl groups excluding tert-OH is 3. The van der Waals surface area contributed by atoms with Gasteiger partial charge in [-0.15, -0.1) is 0 Å². The minimum atomic E-state index is -2.91. The Balaban J connectivity index is 1.92. The molecule has 10 nitrogen and oxygen atoms in total. The molecule has 0 radical (unpaired) electrons. The summed E-state index contributed by atoms with van der Waals surface area (Å²) < 4.78 is 0. The number of aryl methyl sites for hydroxylation is 1. The zero-order valence-electron chi connectivity index (χ0n) is 23.1. The van der Waals surface area contributed by atoms with Crippen LogP contribution in [-0.2, 0) is 20.8 Å². The molecule has 1 saturated carbocycles. The lowest BCUT2D eigenvalue weighted by Gasteiger charge is -2.53. The van der Waals surface area contributed by atoms with Crippen LogP contribution in [0.25, 0.3) is 5.76 Å². The summed E-state index contributed by atoms with van der Waals surface area (Å²) in [5.41, 5.74) is 2.31. The molecule has 1 aromatic rings. The maximum atomic E-state index is 14.0. The third kappa shape index (κ3) is 4.16. The second-order valence-electron chi connectivity index (χ2n) is 12.5. The minimum absolute atomic E-state index is 0.0271. The number of hydrogen-bond acceptors (Lipinski definition) is 9. The fraction of sp³-hybridized carbons (Fsp3) is 0.552. The van der Waals surface area contributed by atoms with Gasteiger partial charge >= 0.3 is 0 Å². The van der Waals surface area contributed by atoms with Gasteiger partial charge in [-0.3, -0.25) is 19.3 Å². The predicted molar refractivity (Wildman–Crippen MR) is 143 cm³/mol. The monoisotopic (exact) mass is 542 g/mol. The van der Waals surface area contributed by atoms with Gasteiger partial charge in [-0.05, 0) is 55.8 Å². The second kappa shape index (κ2) is 9.46. The Hall–Kier alpha value is -3.21. The Kier molecular flexibility index (Phi) is 6.99. The number of nitrogens with two attached hydrogens (primary N) is 1. The van der Waals surface area contributed by atoms with Gasteiger partial charge in [0, 0.05) is 11.5 Å². The van der Waals surface area contributed by atoms with Gasteiger partial charge < -0.3 is 31.3 Å². The number of carbonyl (C=O) groups excluding carboxylic acids is 3.